The average molecular weight is 549 g/mol. The van der Waals surface area contributed by atoms with Crippen molar-refractivity contribution < 1.29 is 9.90 Å². The molecule has 5 rings (SSSR count). The maximum atomic E-state index is 13.1. The number of hydrogen-bond acceptors (Lipinski definition) is 6. The molecule has 2 atom stereocenters. The monoisotopic (exact) mass is 548 g/mol. The summed E-state index contributed by atoms with van der Waals surface area (Å²) in [4.78, 5) is 19.7. The fourth-order valence-electron chi connectivity index (χ4n) is 4.76. The highest BCUT2D eigenvalue weighted by Gasteiger charge is 2.27. The molecule has 3 heterocycles. The Hall–Kier alpha value is -3.43. The molecule has 186 valence electrons. The minimum Gasteiger partial charge on any atom is -0.507 e. The van der Waals surface area contributed by atoms with Crippen LogP contribution < -0.4 is 11.1 Å². The SMILES string of the molecule is NC(Cc1ccccc1)C(=O)N1CCCC(CNc2cc(-c3ccccc3O)nc3c(Br)cnn23)C1. The highest BCUT2D eigenvalue weighted by Crippen LogP contribution is 2.31. The lowest BCUT2D eigenvalue weighted by molar-refractivity contribution is -0.134. The van der Waals surface area contributed by atoms with E-state index in [9.17, 15) is 9.90 Å². The van der Waals surface area contributed by atoms with Crippen LogP contribution in [0.25, 0.3) is 16.9 Å². The van der Waals surface area contributed by atoms with Crippen molar-refractivity contribution in [2.24, 2.45) is 11.7 Å². The number of carbonyl (C=O) groups is 1. The van der Waals surface area contributed by atoms with Gasteiger partial charge in [0, 0.05) is 31.3 Å². The highest BCUT2D eigenvalue weighted by molar-refractivity contribution is 9.10. The number of hydrogen-bond donors (Lipinski definition) is 3. The number of carbonyl (C=O) groups excluding carboxylic acids is 1. The number of aromatic hydroxyl groups is 1. The number of amides is 1. The normalized spacial score (nSPS) is 16.7. The standard InChI is InChI=1S/C27H29BrN6O2/c28-21-16-31-34-25(14-23(32-26(21)34)20-10-4-5-11-24(20)35)30-15-19-9-6-12-33(17-19)27(36)22(29)13-18-7-2-1-3-8-18/h1-5,7-8,10-11,14,16,19,22,30,35H,6,9,12-13,15,17,29H2. The summed E-state index contributed by atoms with van der Waals surface area (Å²) in [5.74, 6) is 1.23. The molecule has 1 aliphatic heterocycles. The minimum absolute atomic E-state index is 0.00713. The van der Waals surface area contributed by atoms with Gasteiger partial charge in [0.2, 0.25) is 5.91 Å². The number of phenolic OH excluding ortho intramolecular Hbond substituents is 1. The van der Waals surface area contributed by atoms with Crippen molar-refractivity contribution >= 4 is 33.3 Å². The van der Waals surface area contributed by atoms with Crippen molar-refractivity contribution in [3.05, 3.63) is 76.9 Å². The van der Waals surface area contributed by atoms with Gasteiger partial charge < -0.3 is 21.1 Å². The van der Waals surface area contributed by atoms with Gasteiger partial charge in [-0.25, -0.2) is 4.98 Å². The molecule has 2 aromatic carbocycles. The van der Waals surface area contributed by atoms with Crippen molar-refractivity contribution in [1.29, 1.82) is 0 Å². The number of likely N-dealkylation sites (tertiary alicyclic amines) is 1. The summed E-state index contributed by atoms with van der Waals surface area (Å²) in [5, 5.41) is 18.3. The van der Waals surface area contributed by atoms with Gasteiger partial charge in [-0.1, -0.05) is 42.5 Å². The molecule has 1 saturated heterocycles. The van der Waals surface area contributed by atoms with Crippen molar-refractivity contribution in [2.75, 3.05) is 25.0 Å². The Morgan fingerprint density at radius 1 is 1.19 bits per heavy atom. The molecule has 9 heteroatoms. The molecule has 1 fully saturated rings. The molecule has 1 amide bonds. The molecule has 2 unspecified atom stereocenters. The molecule has 8 nitrogen and oxygen atoms in total. The van der Waals surface area contributed by atoms with Crippen LogP contribution in [0, 0.1) is 5.92 Å². The zero-order chi connectivity index (χ0) is 25.1. The topological polar surface area (TPSA) is 109 Å². The van der Waals surface area contributed by atoms with Gasteiger partial charge in [-0.2, -0.15) is 9.61 Å². The predicted molar refractivity (Wildman–Crippen MR) is 144 cm³/mol. The number of piperidine rings is 1. The lowest BCUT2D eigenvalue weighted by Crippen LogP contribution is -2.49. The van der Waals surface area contributed by atoms with Gasteiger partial charge in [0.1, 0.15) is 11.6 Å². The molecule has 2 aromatic heterocycles. The quantitative estimate of drug-likeness (QED) is 0.321. The summed E-state index contributed by atoms with van der Waals surface area (Å²) < 4.78 is 2.51. The fourth-order valence-corrected chi connectivity index (χ4v) is 5.11. The van der Waals surface area contributed by atoms with Crippen LogP contribution >= 0.6 is 15.9 Å². The van der Waals surface area contributed by atoms with E-state index < -0.39 is 6.04 Å². The number of nitrogens with zero attached hydrogens (tertiary/aromatic N) is 4. The van der Waals surface area contributed by atoms with E-state index in [0.29, 0.717) is 36.4 Å². The first-order valence-electron chi connectivity index (χ1n) is 12.1. The Labute approximate surface area is 218 Å². The number of fused-ring (bicyclic) bond motifs is 1. The van der Waals surface area contributed by atoms with Crippen LogP contribution in [0.3, 0.4) is 0 Å². The van der Waals surface area contributed by atoms with Crippen LogP contribution in [0.5, 0.6) is 5.75 Å². The third-order valence-corrected chi connectivity index (χ3v) is 7.19. The molecule has 4 N–H and O–H groups in total. The van der Waals surface area contributed by atoms with E-state index in [2.05, 4.69) is 26.3 Å². The lowest BCUT2D eigenvalue weighted by atomic mass is 9.96. The predicted octanol–water partition coefficient (Wildman–Crippen LogP) is 4.08. The Morgan fingerprint density at radius 2 is 1.97 bits per heavy atom. The third kappa shape index (κ3) is 5.22. The molecule has 0 aliphatic carbocycles. The van der Waals surface area contributed by atoms with E-state index in [4.69, 9.17) is 10.7 Å². The van der Waals surface area contributed by atoms with E-state index >= 15 is 0 Å². The Morgan fingerprint density at radius 3 is 2.78 bits per heavy atom. The Balaban J connectivity index is 1.29. The maximum Gasteiger partial charge on any atom is 0.239 e. The van der Waals surface area contributed by atoms with E-state index in [1.54, 1.807) is 22.8 Å². The van der Waals surface area contributed by atoms with Gasteiger partial charge in [-0.3, -0.25) is 4.79 Å². The van der Waals surface area contributed by atoms with Gasteiger partial charge in [-0.15, -0.1) is 0 Å². The van der Waals surface area contributed by atoms with E-state index in [1.807, 2.05) is 53.4 Å². The molecule has 0 bridgehead atoms. The molecule has 36 heavy (non-hydrogen) atoms. The van der Waals surface area contributed by atoms with Crippen LogP contribution in [0.4, 0.5) is 5.82 Å². The van der Waals surface area contributed by atoms with Crippen molar-refractivity contribution in [1.82, 2.24) is 19.5 Å². The maximum absolute atomic E-state index is 13.1. The van der Waals surface area contributed by atoms with E-state index in [-0.39, 0.29) is 17.6 Å². The highest BCUT2D eigenvalue weighted by atomic mass is 79.9. The first-order chi connectivity index (χ1) is 17.5. The van der Waals surface area contributed by atoms with Gasteiger partial charge in [-0.05, 0) is 58.8 Å². The molecule has 0 saturated carbocycles. The smallest absolute Gasteiger partial charge is 0.239 e. The number of phenols is 1. The minimum atomic E-state index is -0.540. The first kappa shape index (κ1) is 24.3. The van der Waals surface area contributed by atoms with Crippen molar-refractivity contribution in [3.63, 3.8) is 0 Å². The van der Waals surface area contributed by atoms with Crippen molar-refractivity contribution in [2.45, 2.75) is 25.3 Å². The Bertz CT molecular complexity index is 1360. The number of anilines is 1. The molecule has 0 radical (unpaired) electrons. The molecular weight excluding hydrogens is 520 g/mol. The van der Waals surface area contributed by atoms with Crippen LogP contribution in [0.15, 0.2) is 71.3 Å². The number of aromatic nitrogens is 3. The molecule has 4 aromatic rings. The number of benzene rings is 2. The van der Waals surface area contributed by atoms with Gasteiger partial charge >= 0.3 is 0 Å². The molecule has 1 aliphatic rings. The second-order valence-corrected chi connectivity index (χ2v) is 10.1. The van der Waals surface area contributed by atoms with Gasteiger partial charge in [0.15, 0.2) is 5.65 Å². The fraction of sp³-hybridized carbons (Fsp3) is 0.296. The van der Waals surface area contributed by atoms with Gasteiger partial charge in [0.25, 0.3) is 0 Å². The summed E-state index contributed by atoms with van der Waals surface area (Å²) in [6.07, 6.45) is 4.21. The van der Waals surface area contributed by atoms with Crippen LogP contribution in [0.1, 0.15) is 18.4 Å². The van der Waals surface area contributed by atoms with Gasteiger partial charge in [0.05, 0.1) is 22.4 Å². The third-order valence-electron chi connectivity index (χ3n) is 6.63. The largest absolute Gasteiger partial charge is 0.507 e. The number of halogens is 1. The number of para-hydroxylation sites is 1. The Kier molecular flexibility index (Phi) is 7.20. The summed E-state index contributed by atoms with van der Waals surface area (Å²) in [7, 11) is 0. The second-order valence-electron chi connectivity index (χ2n) is 9.24. The van der Waals surface area contributed by atoms with Crippen molar-refractivity contribution in [3.8, 4) is 17.0 Å². The summed E-state index contributed by atoms with van der Waals surface area (Å²) in [6, 6.07) is 18.4. The zero-order valence-corrected chi connectivity index (χ0v) is 21.4. The van der Waals surface area contributed by atoms with Crippen LogP contribution in [-0.4, -0.2) is 56.2 Å². The second kappa shape index (κ2) is 10.7. The number of rotatable bonds is 7. The zero-order valence-electron chi connectivity index (χ0n) is 19.8. The molecule has 0 spiro atoms. The summed E-state index contributed by atoms with van der Waals surface area (Å²) in [5.41, 5.74) is 9.32. The summed E-state index contributed by atoms with van der Waals surface area (Å²) >= 11 is 3.52. The average Bonchev–Trinajstić information content (AvgIpc) is 3.28. The number of nitrogens with two attached hydrogens (primary N) is 1. The van der Waals surface area contributed by atoms with E-state index in [1.165, 1.54) is 0 Å². The van der Waals surface area contributed by atoms with Crippen LogP contribution in [-0.2, 0) is 11.2 Å². The lowest BCUT2D eigenvalue weighted by Gasteiger charge is -2.34. The van der Waals surface area contributed by atoms with E-state index in [0.717, 1.165) is 35.2 Å². The number of nitrogens with one attached hydrogen (secondary N) is 1. The first-order valence-corrected chi connectivity index (χ1v) is 12.9. The summed E-state index contributed by atoms with van der Waals surface area (Å²) in [6.45, 7) is 2.08. The van der Waals surface area contributed by atoms with Crippen LogP contribution in [0.2, 0.25) is 0 Å². The molecular formula is C27H29BrN6O2.